The molecule has 1 aliphatic rings. The van der Waals surface area contributed by atoms with Crippen molar-refractivity contribution in [3.05, 3.63) is 69.6 Å². The average molecular weight is 419 g/mol. The van der Waals surface area contributed by atoms with Crippen LogP contribution in [0.1, 0.15) is 18.1 Å². The first-order chi connectivity index (χ1) is 12.5. The highest BCUT2D eigenvalue weighted by Crippen LogP contribution is 2.27. The van der Waals surface area contributed by atoms with Crippen LogP contribution in [-0.2, 0) is 11.3 Å². The largest absolute Gasteiger partial charge is 0.493 e. The molecule has 1 heterocycles. The Bertz CT molecular complexity index is 881. The lowest BCUT2D eigenvalue weighted by atomic mass is 10.1. The first kappa shape index (κ1) is 18.1. The lowest BCUT2D eigenvalue weighted by Gasteiger charge is -2.11. The van der Waals surface area contributed by atoms with Crippen LogP contribution in [0.5, 0.6) is 5.75 Å². The molecule has 2 aromatic rings. The molecule has 0 atom stereocenters. The second-order valence-electron chi connectivity index (χ2n) is 5.63. The summed E-state index contributed by atoms with van der Waals surface area (Å²) in [5.74, 6) is -0.0914. The van der Waals surface area contributed by atoms with Crippen LogP contribution in [0, 0.1) is 5.82 Å². The average Bonchev–Trinajstić information content (AvgIpc) is 2.87. The van der Waals surface area contributed by atoms with Crippen molar-refractivity contribution in [1.82, 2.24) is 10.2 Å². The Kier molecular flexibility index (Phi) is 5.37. The minimum atomic E-state index is -0.504. The predicted molar refractivity (Wildman–Crippen MR) is 98.8 cm³/mol. The van der Waals surface area contributed by atoms with Crippen LogP contribution < -0.4 is 10.1 Å². The van der Waals surface area contributed by atoms with E-state index < -0.39 is 11.9 Å². The monoisotopic (exact) mass is 418 g/mol. The Hall–Kier alpha value is -2.67. The molecular weight excluding hydrogens is 403 g/mol. The van der Waals surface area contributed by atoms with Gasteiger partial charge in [0.15, 0.2) is 0 Å². The van der Waals surface area contributed by atoms with Gasteiger partial charge in [0.05, 0.1) is 17.6 Å². The molecule has 0 aromatic heterocycles. The van der Waals surface area contributed by atoms with Gasteiger partial charge in [-0.2, -0.15) is 0 Å². The minimum absolute atomic E-state index is 0.0786. The first-order valence-electron chi connectivity index (χ1n) is 7.99. The van der Waals surface area contributed by atoms with Gasteiger partial charge in [-0.3, -0.25) is 9.69 Å². The molecule has 0 spiro atoms. The van der Waals surface area contributed by atoms with Gasteiger partial charge in [-0.25, -0.2) is 9.18 Å². The summed E-state index contributed by atoms with van der Waals surface area (Å²) in [7, 11) is 0. The number of urea groups is 1. The number of ether oxygens (including phenoxy) is 1. The molecular formula is C19H16BrFN2O3. The number of carbonyl (C=O) groups excluding carboxylic acids is 2. The number of nitrogens with zero attached hydrogens (tertiary/aromatic N) is 1. The molecule has 3 amide bonds. The third kappa shape index (κ3) is 3.94. The molecule has 1 N–H and O–H groups in total. The van der Waals surface area contributed by atoms with Crippen molar-refractivity contribution in [1.29, 1.82) is 0 Å². The summed E-state index contributed by atoms with van der Waals surface area (Å²) in [5.41, 5.74) is 1.60. The third-order valence-electron chi connectivity index (χ3n) is 3.78. The summed E-state index contributed by atoms with van der Waals surface area (Å²) in [6, 6.07) is 10.6. The van der Waals surface area contributed by atoms with Crippen LogP contribution in [0.15, 0.2) is 52.6 Å². The maximum Gasteiger partial charge on any atom is 0.329 e. The molecule has 0 radical (unpaired) electrons. The first-order valence-corrected chi connectivity index (χ1v) is 8.78. The van der Waals surface area contributed by atoms with E-state index in [4.69, 9.17) is 4.74 Å². The number of hydrogen-bond donors (Lipinski definition) is 1. The second-order valence-corrected chi connectivity index (χ2v) is 6.48. The molecule has 0 saturated carbocycles. The van der Waals surface area contributed by atoms with Gasteiger partial charge in [0.2, 0.25) is 0 Å². The van der Waals surface area contributed by atoms with Gasteiger partial charge < -0.3 is 10.1 Å². The summed E-state index contributed by atoms with van der Waals surface area (Å²) in [6.45, 7) is 2.52. The maximum atomic E-state index is 13.0. The zero-order valence-electron chi connectivity index (χ0n) is 14.0. The summed E-state index contributed by atoms with van der Waals surface area (Å²) in [6.07, 6.45) is 1.60. The molecule has 1 saturated heterocycles. The molecule has 3 rings (SSSR count). The molecule has 0 bridgehead atoms. The zero-order valence-corrected chi connectivity index (χ0v) is 15.5. The van der Waals surface area contributed by atoms with Gasteiger partial charge in [-0.1, -0.05) is 18.2 Å². The molecule has 134 valence electrons. The molecule has 0 unspecified atom stereocenters. The number of amides is 3. The van der Waals surface area contributed by atoms with E-state index in [1.807, 2.05) is 6.92 Å². The highest BCUT2D eigenvalue weighted by molar-refractivity contribution is 9.10. The molecule has 0 aliphatic carbocycles. The van der Waals surface area contributed by atoms with Crippen LogP contribution in [0.3, 0.4) is 0 Å². The van der Waals surface area contributed by atoms with E-state index >= 15 is 0 Å². The van der Waals surface area contributed by atoms with E-state index in [-0.39, 0.29) is 18.1 Å². The Labute approximate surface area is 158 Å². The fourth-order valence-corrected chi connectivity index (χ4v) is 3.04. The predicted octanol–water partition coefficient (Wildman–Crippen LogP) is 4.08. The molecule has 2 aromatic carbocycles. The van der Waals surface area contributed by atoms with Crippen LogP contribution in [-0.4, -0.2) is 23.4 Å². The van der Waals surface area contributed by atoms with E-state index in [9.17, 15) is 14.0 Å². The summed E-state index contributed by atoms with van der Waals surface area (Å²) >= 11 is 3.42. The van der Waals surface area contributed by atoms with Gasteiger partial charge in [-0.05, 0) is 64.3 Å². The molecule has 26 heavy (non-hydrogen) atoms. The summed E-state index contributed by atoms with van der Waals surface area (Å²) in [4.78, 5) is 25.7. The summed E-state index contributed by atoms with van der Waals surface area (Å²) < 4.78 is 19.2. The van der Waals surface area contributed by atoms with Gasteiger partial charge in [0.25, 0.3) is 5.91 Å². The van der Waals surface area contributed by atoms with Crippen LogP contribution in [0.2, 0.25) is 0 Å². The zero-order chi connectivity index (χ0) is 18.7. The summed E-state index contributed by atoms with van der Waals surface area (Å²) in [5, 5.41) is 2.57. The van der Waals surface area contributed by atoms with Crippen LogP contribution in [0.4, 0.5) is 9.18 Å². The minimum Gasteiger partial charge on any atom is -0.493 e. The second kappa shape index (κ2) is 7.70. The molecule has 1 aliphatic heterocycles. The van der Waals surface area contributed by atoms with Gasteiger partial charge in [0, 0.05) is 0 Å². The van der Waals surface area contributed by atoms with Crippen LogP contribution in [0.25, 0.3) is 6.08 Å². The van der Waals surface area contributed by atoms with Crippen LogP contribution >= 0.6 is 15.9 Å². The van der Waals surface area contributed by atoms with Crippen molar-refractivity contribution in [2.75, 3.05) is 6.61 Å². The molecule has 1 fully saturated rings. The van der Waals surface area contributed by atoms with Crippen molar-refractivity contribution in [2.45, 2.75) is 13.5 Å². The van der Waals surface area contributed by atoms with Gasteiger partial charge in [-0.15, -0.1) is 0 Å². The number of halogens is 2. The Morgan fingerprint density at radius 2 is 1.92 bits per heavy atom. The number of nitrogens with one attached hydrogen (secondary N) is 1. The van der Waals surface area contributed by atoms with E-state index in [2.05, 4.69) is 21.2 Å². The standard InChI is InChI=1S/C19H16BrFN2O3/c1-2-26-17-8-5-13(9-15(17)20)10-16-18(24)23(19(25)22-16)11-12-3-6-14(21)7-4-12/h3-10H,2,11H2,1H3,(H,22,25). The normalized spacial score (nSPS) is 15.5. The number of carbonyl (C=O) groups is 2. The quantitative estimate of drug-likeness (QED) is 0.587. The molecule has 5 nitrogen and oxygen atoms in total. The lowest BCUT2D eigenvalue weighted by molar-refractivity contribution is -0.123. The highest BCUT2D eigenvalue weighted by atomic mass is 79.9. The SMILES string of the molecule is CCOc1ccc(C=C2NC(=O)N(Cc3ccc(F)cc3)C2=O)cc1Br. The van der Waals surface area contributed by atoms with E-state index in [1.165, 1.54) is 12.1 Å². The Balaban J connectivity index is 1.78. The van der Waals surface area contributed by atoms with Gasteiger partial charge in [0.1, 0.15) is 17.3 Å². The highest BCUT2D eigenvalue weighted by Gasteiger charge is 2.33. The molecule has 7 heteroatoms. The lowest BCUT2D eigenvalue weighted by Crippen LogP contribution is -2.30. The smallest absolute Gasteiger partial charge is 0.329 e. The number of hydrogen-bond acceptors (Lipinski definition) is 3. The van der Waals surface area contributed by atoms with E-state index in [1.54, 1.807) is 36.4 Å². The van der Waals surface area contributed by atoms with Crippen molar-refractivity contribution < 1.29 is 18.7 Å². The Morgan fingerprint density at radius 3 is 2.58 bits per heavy atom. The van der Waals surface area contributed by atoms with Crippen molar-refractivity contribution >= 4 is 33.9 Å². The Morgan fingerprint density at radius 1 is 1.19 bits per heavy atom. The van der Waals surface area contributed by atoms with E-state index in [0.29, 0.717) is 17.9 Å². The van der Waals surface area contributed by atoms with E-state index in [0.717, 1.165) is 14.9 Å². The third-order valence-corrected chi connectivity index (χ3v) is 4.40. The van der Waals surface area contributed by atoms with Gasteiger partial charge >= 0.3 is 6.03 Å². The van der Waals surface area contributed by atoms with Crippen molar-refractivity contribution in [3.8, 4) is 5.75 Å². The number of rotatable bonds is 5. The topological polar surface area (TPSA) is 58.6 Å². The number of benzene rings is 2. The fraction of sp³-hybridized carbons (Fsp3) is 0.158. The number of imide groups is 1. The van der Waals surface area contributed by atoms with Crippen molar-refractivity contribution in [3.63, 3.8) is 0 Å². The maximum absolute atomic E-state index is 13.0. The fourth-order valence-electron chi connectivity index (χ4n) is 2.53. The van der Waals surface area contributed by atoms with Crippen molar-refractivity contribution in [2.24, 2.45) is 0 Å².